The second kappa shape index (κ2) is 11.8. The molecule has 0 fully saturated rings. The number of aromatic hydroxyl groups is 1. The molecule has 0 aliphatic rings. The third-order valence-electron chi connectivity index (χ3n) is 7.05. The first-order chi connectivity index (χ1) is 21.3. The molecule has 6 aromatic rings. The van der Waals surface area contributed by atoms with Crippen LogP contribution in [-0.2, 0) is 13.1 Å². The van der Waals surface area contributed by atoms with E-state index >= 15 is 0 Å². The van der Waals surface area contributed by atoms with Gasteiger partial charge in [0.05, 0.1) is 59.5 Å². The van der Waals surface area contributed by atoms with E-state index < -0.39 is 6.03 Å². The molecule has 218 valence electrons. The maximum absolute atomic E-state index is 14.2. The minimum Gasteiger partial charge on any atom is -0.508 e. The summed E-state index contributed by atoms with van der Waals surface area (Å²) < 4.78 is 3.26. The molecule has 6 rings (SSSR count). The van der Waals surface area contributed by atoms with Crippen molar-refractivity contribution in [2.75, 3.05) is 12.3 Å². The summed E-state index contributed by atoms with van der Waals surface area (Å²) in [5.74, 6) is 6.33. The van der Waals surface area contributed by atoms with Crippen LogP contribution in [0.5, 0.6) is 5.75 Å². The van der Waals surface area contributed by atoms with Crippen molar-refractivity contribution in [3.8, 4) is 28.8 Å². The summed E-state index contributed by atoms with van der Waals surface area (Å²) >= 11 is 6.52. The first-order valence-corrected chi connectivity index (χ1v) is 13.9. The second-order valence-electron chi connectivity index (χ2n) is 9.91. The molecular formula is C32H25ClN8O3. The zero-order valence-corrected chi connectivity index (χ0v) is 23.9. The summed E-state index contributed by atoms with van der Waals surface area (Å²) in [6, 6.07) is 18.5. The zero-order chi connectivity index (χ0) is 30.8. The number of anilines is 1. The van der Waals surface area contributed by atoms with Crippen molar-refractivity contribution in [3.05, 3.63) is 111 Å². The van der Waals surface area contributed by atoms with Gasteiger partial charge in [-0.3, -0.25) is 19.0 Å². The largest absolute Gasteiger partial charge is 0.508 e. The number of carbonyl (C=O) groups excluding carboxylic acids is 1. The molecule has 0 radical (unpaired) electrons. The lowest BCUT2D eigenvalue weighted by molar-refractivity contribution is 0.250. The van der Waals surface area contributed by atoms with Gasteiger partial charge >= 0.3 is 6.03 Å². The van der Waals surface area contributed by atoms with E-state index in [9.17, 15) is 14.7 Å². The van der Waals surface area contributed by atoms with Gasteiger partial charge in [-0.1, -0.05) is 47.7 Å². The number of phenolic OH excluding ortho intramolecular Hbond substituents is 1. The summed E-state index contributed by atoms with van der Waals surface area (Å²) in [5.41, 5.74) is 15.3. The van der Waals surface area contributed by atoms with Gasteiger partial charge in [0.2, 0.25) is 0 Å². The number of carbonyl (C=O) groups is 1. The number of rotatable bonds is 6. The highest BCUT2D eigenvalue weighted by molar-refractivity contribution is 6.31. The first-order valence-electron chi connectivity index (χ1n) is 13.5. The maximum atomic E-state index is 14.2. The number of fused-ring (bicyclic) bond motifs is 2. The number of urea groups is 1. The van der Waals surface area contributed by atoms with Gasteiger partial charge in [0.25, 0.3) is 5.56 Å². The Balaban J connectivity index is 1.53. The number of benzene rings is 3. The molecule has 44 heavy (non-hydrogen) atoms. The van der Waals surface area contributed by atoms with Crippen LogP contribution in [0.4, 0.5) is 10.5 Å². The quantitative estimate of drug-likeness (QED) is 0.209. The smallest absolute Gasteiger partial charge is 0.312 e. The number of primary amides is 1. The Morgan fingerprint density at radius 2 is 1.80 bits per heavy atom. The lowest BCUT2D eigenvalue weighted by Crippen LogP contribution is -2.29. The van der Waals surface area contributed by atoms with Gasteiger partial charge in [0, 0.05) is 16.1 Å². The Bertz CT molecular complexity index is 2180. The van der Waals surface area contributed by atoms with Gasteiger partial charge < -0.3 is 21.9 Å². The predicted octanol–water partition coefficient (Wildman–Crippen LogP) is 3.87. The molecule has 6 N–H and O–H groups in total. The fourth-order valence-corrected chi connectivity index (χ4v) is 5.18. The van der Waals surface area contributed by atoms with E-state index in [0.29, 0.717) is 49.6 Å². The predicted molar refractivity (Wildman–Crippen MR) is 169 cm³/mol. The zero-order valence-electron chi connectivity index (χ0n) is 23.2. The summed E-state index contributed by atoms with van der Waals surface area (Å²) in [5, 5.41) is 18.6. The summed E-state index contributed by atoms with van der Waals surface area (Å²) in [4.78, 5) is 34.5. The van der Waals surface area contributed by atoms with E-state index in [0.717, 1.165) is 11.1 Å². The number of pyridine rings is 1. The van der Waals surface area contributed by atoms with Gasteiger partial charge in [-0.15, -0.1) is 0 Å². The fourth-order valence-electron chi connectivity index (χ4n) is 4.98. The van der Waals surface area contributed by atoms with Crippen LogP contribution in [0, 0.1) is 11.8 Å². The van der Waals surface area contributed by atoms with Crippen LogP contribution in [-0.4, -0.2) is 42.0 Å². The normalized spacial score (nSPS) is 10.9. The number of hydrogen-bond donors (Lipinski definition) is 4. The van der Waals surface area contributed by atoms with E-state index in [-0.39, 0.29) is 30.9 Å². The molecule has 0 spiro atoms. The fraction of sp³-hybridized carbons (Fsp3) is 0.0938. The van der Waals surface area contributed by atoms with Crippen molar-refractivity contribution in [3.63, 3.8) is 0 Å². The number of phenols is 1. The van der Waals surface area contributed by atoms with Crippen molar-refractivity contribution >= 4 is 45.1 Å². The molecule has 0 unspecified atom stereocenters. The maximum Gasteiger partial charge on any atom is 0.312 e. The molecule has 12 heteroatoms. The Morgan fingerprint density at radius 1 is 1.00 bits per heavy atom. The van der Waals surface area contributed by atoms with Gasteiger partial charge in [-0.25, -0.2) is 9.78 Å². The van der Waals surface area contributed by atoms with Crippen molar-refractivity contribution in [1.29, 1.82) is 0 Å². The van der Waals surface area contributed by atoms with E-state index in [2.05, 4.69) is 22.1 Å². The van der Waals surface area contributed by atoms with Gasteiger partial charge in [0.15, 0.2) is 0 Å². The van der Waals surface area contributed by atoms with Crippen LogP contribution in [0.15, 0.2) is 83.9 Å². The van der Waals surface area contributed by atoms with E-state index in [1.54, 1.807) is 70.2 Å². The number of nitrogen functional groups attached to an aromatic ring is 1. The van der Waals surface area contributed by atoms with Crippen LogP contribution in [0.2, 0.25) is 5.02 Å². The number of hydrogen-bond acceptors (Lipinski definition) is 7. The number of nitrogens with one attached hydrogen (secondary N) is 1. The average Bonchev–Trinajstić information content (AvgIpc) is 3.37. The number of nitrogens with zero attached hydrogens (tertiary/aromatic N) is 5. The minimum absolute atomic E-state index is 0.0257. The molecule has 11 nitrogen and oxygen atoms in total. The van der Waals surface area contributed by atoms with Crippen molar-refractivity contribution in [2.24, 2.45) is 5.73 Å². The summed E-state index contributed by atoms with van der Waals surface area (Å²) in [6.07, 6.45) is 3.22. The average molecular weight is 605 g/mol. The van der Waals surface area contributed by atoms with E-state index in [1.807, 2.05) is 18.2 Å². The Morgan fingerprint density at radius 3 is 2.57 bits per heavy atom. The van der Waals surface area contributed by atoms with Crippen LogP contribution in [0.3, 0.4) is 0 Å². The molecule has 3 aromatic carbocycles. The Labute approximate surface area is 255 Å². The van der Waals surface area contributed by atoms with Crippen molar-refractivity contribution < 1.29 is 9.90 Å². The number of aromatic nitrogens is 5. The van der Waals surface area contributed by atoms with Crippen LogP contribution >= 0.6 is 11.6 Å². The molecule has 3 heterocycles. The topological polar surface area (TPSA) is 167 Å². The van der Waals surface area contributed by atoms with Gasteiger partial charge in [-0.2, -0.15) is 5.10 Å². The molecule has 0 atom stereocenters. The van der Waals surface area contributed by atoms with Gasteiger partial charge in [-0.05, 0) is 48.0 Å². The monoisotopic (exact) mass is 604 g/mol. The lowest BCUT2D eigenvalue weighted by atomic mass is 10.1. The number of nitrogens with two attached hydrogens (primary N) is 2. The SMILES string of the molecule is NC(=O)NCC#Cc1cccc2nc(Cn3nc(-c4ccc(O)cc4)c4c(N)cncc43)n(Cc3ccccc3Cl)c(=O)c12. The molecule has 0 aliphatic heterocycles. The standard InChI is InChI=1S/C32H25ClN8O3/c33-23-8-2-1-5-21(23)17-40-27(38-25-9-3-6-19(28(25)31(40)43)7-4-14-37-32(35)44)18-41-26-16-36-15-24(34)29(26)30(39-41)20-10-12-22(42)13-11-20/h1-3,5-6,8-13,15-16,42H,14,17-18,34H2,(H3,35,37,44). The lowest BCUT2D eigenvalue weighted by Gasteiger charge is -2.15. The van der Waals surface area contributed by atoms with Gasteiger partial charge in [0.1, 0.15) is 17.3 Å². The van der Waals surface area contributed by atoms with Crippen LogP contribution in [0.25, 0.3) is 33.1 Å². The van der Waals surface area contributed by atoms with Crippen LogP contribution < -0.4 is 22.3 Å². The highest BCUT2D eigenvalue weighted by Crippen LogP contribution is 2.32. The van der Waals surface area contributed by atoms with E-state index in [4.69, 9.17) is 33.2 Å². The molecule has 0 bridgehead atoms. The van der Waals surface area contributed by atoms with Crippen molar-refractivity contribution in [1.82, 2.24) is 29.6 Å². The molecular weight excluding hydrogens is 580 g/mol. The third-order valence-corrected chi connectivity index (χ3v) is 7.41. The third kappa shape index (κ3) is 5.49. The highest BCUT2D eigenvalue weighted by Gasteiger charge is 2.20. The van der Waals surface area contributed by atoms with Crippen molar-refractivity contribution in [2.45, 2.75) is 13.1 Å². The first kappa shape index (κ1) is 28.3. The molecule has 2 amide bonds. The Kier molecular flexibility index (Phi) is 7.58. The number of amides is 2. The molecule has 0 saturated heterocycles. The second-order valence-corrected chi connectivity index (χ2v) is 10.3. The molecule has 0 saturated carbocycles. The minimum atomic E-state index is -0.692. The number of halogens is 1. The molecule has 3 aromatic heterocycles. The van der Waals surface area contributed by atoms with E-state index in [1.165, 1.54) is 0 Å². The summed E-state index contributed by atoms with van der Waals surface area (Å²) in [7, 11) is 0. The molecule has 0 aliphatic carbocycles. The summed E-state index contributed by atoms with van der Waals surface area (Å²) in [6.45, 7) is 0.276. The highest BCUT2D eigenvalue weighted by atomic mass is 35.5. The van der Waals surface area contributed by atoms with Crippen LogP contribution in [0.1, 0.15) is 17.0 Å². The Hall–Kier alpha value is -5.86.